The second-order valence-electron chi connectivity index (χ2n) is 6.39. The van der Waals surface area contributed by atoms with Gasteiger partial charge < -0.3 is 14.8 Å². The minimum atomic E-state index is 0.0620. The fourth-order valence-corrected chi connectivity index (χ4v) is 3.18. The molecule has 3 rings (SSSR count). The molecule has 1 aromatic carbocycles. The number of nitrogens with zero attached hydrogens (tertiary/aromatic N) is 2. The molecule has 0 fully saturated rings. The standard InChI is InChI=1S/C20H25N3O3/c1-25-18-10-16-5-8-23(14-17(16)11-19(18)26-2)9-6-20(24)22-13-15-4-3-7-21-12-15/h3-4,7,10-12H,5-6,8-9,13-14H2,1-2H3,(H,22,24). The molecular weight excluding hydrogens is 330 g/mol. The van der Waals surface area contributed by atoms with Crippen LogP contribution in [0.3, 0.4) is 0 Å². The van der Waals surface area contributed by atoms with Gasteiger partial charge in [-0.05, 0) is 41.3 Å². The van der Waals surface area contributed by atoms with E-state index in [1.807, 2.05) is 18.2 Å². The number of rotatable bonds is 7. The molecular formula is C20H25N3O3. The fourth-order valence-electron chi connectivity index (χ4n) is 3.18. The Hall–Kier alpha value is -2.60. The Morgan fingerprint density at radius 2 is 2.00 bits per heavy atom. The number of amides is 1. The fraction of sp³-hybridized carbons (Fsp3) is 0.400. The SMILES string of the molecule is COc1cc2c(cc1OC)CN(CCC(=O)NCc1cccnc1)CC2. The van der Waals surface area contributed by atoms with Crippen LogP contribution in [-0.4, -0.2) is 43.1 Å². The van der Waals surface area contributed by atoms with E-state index in [1.54, 1.807) is 26.6 Å². The first-order chi connectivity index (χ1) is 12.7. The number of ether oxygens (including phenoxy) is 2. The maximum atomic E-state index is 12.1. The molecule has 1 aromatic heterocycles. The van der Waals surface area contributed by atoms with Crippen molar-refractivity contribution < 1.29 is 14.3 Å². The molecule has 0 radical (unpaired) electrons. The zero-order valence-corrected chi connectivity index (χ0v) is 15.3. The summed E-state index contributed by atoms with van der Waals surface area (Å²) in [7, 11) is 3.31. The summed E-state index contributed by atoms with van der Waals surface area (Å²) in [6.07, 6.45) is 4.93. The van der Waals surface area contributed by atoms with Gasteiger partial charge >= 0.3 is 0 Å². The van der Waals surface area contributed by atoms with Crippen LogP contribution in [0.2, 0.25) is 0 Å². The average molecular weight is 355 g/mol. The second-order valence-corrected chi connectivity index (χ2v) is 6.39. The topological polar surface area (TPSA) is 63.7 Å². The largest absolute Gasteiger partial charge is 0.493 e. The van der Waals surface area contributed by atoms with Gasteiger partial charge in [-0.1, -0.05) is 6.07 Å². The first-order valence-corrected chi connectivity index (χ1v) is 8.81. The third kappa shape index (κ3) is 4.52. The summed E-state index contributed by atoms with van der Waals surface area (Å²) in [5.41, 5.74) is 3.54. The predicted octanol–water partition coefficient (Wildman–Crippen LogP) is 2.16. The summed E-state index contributed by atoms with van der Waals surface area (Å²) < 4.78 is 10.8. The highest BCUT2D eigenvalue weighted by atomic mass is 16.5. The van der Waals surface area contributed by atoms with Gasteiger partial charge in [0.15, 0.2) is 11.5 Å². The quantitative estimate of drug-likeness (QED) is 0.825. The molecule has 1 aliphatic rings. The number of hydrogen-bond donors (Lipinski definition) is 1. The van der Waals surface area contributed by atoms with Crippen LogP contribution >= 0.6 is 0 Å². The monoisotopic (exact) mass is 355 g/mol. The Morgan fingerprint density at radius 1 is 1.23 bits per heavy atom. The Balaban J connectivity index is 1.50. The van der Waals surface area contributed by atoms with Gasteiger partial charge in [0.25, 0.3) is 0 Å². The molecule has 1 aliphatic heterocycles. The number of methoxy groups -OCH3 is 2. The number of hydrogen-bond acceptors (Lipinski definition) is 5. The molecule has 0 spiro atoms. The molecule has 0 bridgehead atoms. The van der Waals surface area contributed by atoms with E-state index in [0.717, 1.165) is 43.1 Å². The molecule has 26 heavy (non-hydrogen) atoms. The van der Waals surface area contributed by atoms with Gasteiger partial charge in [0.1, 0.15) is 0 Å². The normalized spacial score (nSPS) is 13.8. The summed E-state index contributed by atoms with van der Waals surface area (Å²) in [5, 5.41) is 2.95. The molecule has 1 N–H and O–H groups in total. The van der Waals surface area contributed by atoms with Gasteiger partial charge in [0, 0.05) is 45.0 Å². The maximum Gasteiger partial charge on any atom is 0.221 e. The molecule has 6 nitrogen and oxygen atoms in total. The van der Waals surface area contributed by atoms with Crippen molar-refractivity contribution in [3.8, 4) is 11.5 Å². The first kappa shape index (κ1) is 18.2. The van der Waals surface area contributed by atoms with Crippen LogP contribution in [0.1, 0.15) is 23.1 Å². The predicted molar refractivity (Wildman–Crippen MR) is 99.2 cm³/mol. The molecule has 0 unspecified atom stereocenters. The van der Waals surface area contributed by atoms with E-state index in [0.29, 0.717) is 13.0 Å². The zero-order valence-electron chi connectivity index (χ0n) is 15.3. The molecule has 2 aromatic rings. The number of aromatic nitrogens is 1. The number of benzene rings is 1. The van der Waals surface area contributed by atoms with Crippen molar-refractivity contribution in [1.29, 1.82) is 0 Å². The summed E-state index contributed by atoms with van der Waals surface area (Å²) >= 11 is 0. The number of carbonyl (C=O) groups excluding carboxylic acids is 1. The van der Waals surface area contributed by atoms with Crippen molar-refractivity contribution in [2.75, 3.05) is 27.3 Å². The molecule has 0 aliphatic carbocycles. The highest BCUT2D eigenvalue weighted by molar-refractivity contribution is 5.76. The van der Waals surface area contributed by atoms with E-state index in [-0.39, 0.29) is 5.91 Å². The number of pyridine rings is 1. The van der Waals surface area contributed by atoms with Crippen molar-refractivity contribution in [2.24, 2.45) is 0 Å². The van der Waals surface area contributed by atoms with Gasteiger partial charge in [0.05, 0.1) is 14.2 Å². The minimum Gasteiger partial charge on any atom is -0.493 e. The Bertz CT molecular complexity index is 749. The van der Waals surface area contributed by atoms with Gasteiger partial charge in [-0.3, -0.25) is 14.7 Å². The lowest BCUT2D eigenvalue weighted by molar-refractivity contribution is -0.121. The highest BCUT2D eigenvalue weighted by Gasteiger charge is 2.19. The van der Waals surface area contributed by atoms with Crippen molar-refractivity contribution in [3.05, 3.63) is 53.3 Å². The summed E-state index contributed by atoms with van der Waals surface area (Å²) in [4.78, 5) is 18.4. The zero-order chi connectivity index (χ0) is 18.4. The Labute approximate surface area is 154 Å². The molecule has 6 heteroatoms. The van der Waals surface area contributed by atoms with Gasteiger partial charge in [-0.15, -0.1) is 0 Å². The third-order valence-electron chi connectivity index (χ3n) is 4.66. The van der Waals surface area contributed by atoms with Crippen molar-refractivity contribution in [3.63, 3.8) is 0 Å². The average Bonchev–Trinajstić information content (AvgIpc) is 2.70. The van der Waals surface area contributed by atoms with Crippen LogP contribution in [0, 0.1) is 0 Å². The lowest BCUT2D eigenvalue weighted by atomic mass is 9.98. The molecule has 2 heterocycles. The minimum absolute atomic E-state index is 0.0620. The molecule has 0 atom stereocenters. The molecule has 138 valence electrons. The molecule has 0 saturated carbocycles. The number of carbonyl (C=O) groups is 1. The number of nitrogens with one attached hydrogen (secondary N) is 1. The van der Waals surface area contributed by atoms with Crippen molar-refractivity contribution >= 4 is 5.91 Å². The van der Waals surface area contributed by atoms with Crippen LogP contribution in [0.15, 0.2) is 36.7 Å². The van der Waals surface area contributed by atoms with E-state index in [1.165, 1.54) is 11.1 Å². The van der Waals surface area contributed by atoms with Crippen LogP contribution in [-0.2, 0) is 24.3 Å². The maximum absolute atomic E-state index is 12.1. The lowest BCUT2D eigenvalue weighted by Crippen LogP contribution is -2.34. The van der Waals surface area contributed by atoms with Gasteiger partial charge in [-0.25, -0.2) is 0 Å². The smallest absolute Gasteiger partial charge is 0.221 e. The lowest BCUT2D eigenvalue weighted by Gasteiger charge is -2.29. The van der Waals surface area contributed by atoms with E-state index >= 15 is 0 Å². The van der Waals surface area contributed by atoms with Crippen LogP contribution in [0.25, 0.3) is 0 Å². The van der Waals surface area contributed by atoms with E-state index in [4.69, 9.17) is 9.47 Å². The molecule has 0 saturated heterocycles. The first-order valence-electron chi connectivity index (χ1n) is 8.81. The third-order valence-corrected chi connectivity index (χ3v) is 4.66. The van der Waals surface area contributed by atoms with E-state index in [9.17, 15) is 4.79 Å². The van der Waals surface area contributed by atoms with Crippen LogP contribution in [0.4, 0.5) is 0 Å². The summed E-state index contributed by atoms with van der Waals surface area (Å²) in [6.45, 7) is 3.03. The van der Waals surface area contributed by atoms with Gasteiger partial charge in [-0.2, -0.15) is 0 Å². The van der Waals surface area contributed by atoms with E-state index < -0.39 is 0 Å². The van der Waals surface area contributed by atoms with Crippen molar-refractivity contribution in [2.45, 2.75) is 25.9 Å². The summed E-state index contributed by atoms with van der Waals surface area (Å²) in [5.74, 6) is 1.59. The van der Waals surface area contributed by atoms with Crippen molar-refractivity contribution in [1.82, 2.24) is 15.2 Å². The Morgan fingerprint density at radius 3 is 2.69 bits per heavy atom. The second kappa shape index (κ2) is 8.67. The summed E-state index contributed by atoms with van der Waals surface area (Å²) in [6, 6.07) is 7.93. The van der Waals surface area contributed by atoms with Crippen LogP contribution < -0.4 is 14.8 Å². The van der Waals surface area contributed by atoms with E-state index in [2.05, 4.69) is 21.3 Å². The number of fused-ring (bicyclic) bond motifs is 1. The Kier molecular flexibility index (Phi) is 6.07. The molecule has 1 amide bonds. The highest BCUT2D eigenvalue weighted by Crippen LogP contribution is 2.33. The van der Waals surface area contributed by atoms with Gasteiger partial charge in [0.2, 0.25) is 5.91 Å². The van der Waals surface area contributed by atoms with Crippen LogP contribution in [0.5, 0.6) is 11.5 Å².